The van der Waals surface area contributed by atoms with Crippen LogP contribution in [0.15, 0.2) is 0 Å². The van der Waals surface area contributed by atoms with Gasteiger partial charge in [-0.05, 0) is 77.8 Å². The van der Waals surface area contributed by atoms with E-state index in [2.05, 4.69) is 24.3 Å². The third-order valence-corrected chi connectivity index (χ3v) is 6.14. The van der Waals surface area contributed by atoms with Gasteiger partial charge in [0.05, 0.1) is 6.10 Å². The highest BCUT2D eigenvalue weighted by atomic mass is 16.5. The number of fused-ring (bicyclic) bond motifs is 2. The fourth-order valence-electron chi connectivity index (χ4n) is 4.84. The number of nitrogens with one attached hydrogen (secondary N) is 1. The average molecular weight is 280 g/mol. The van der Waals surface area contributed by atoms with Gasteiger partial charge in [0.15, 0.2) is 0 Å². The van der Waals surface area contributed by atoms with Gasteiger partial charge in [-0.1, -0.05) is 0 Å². The Kier molecular flexibility index (Phi) is 5.00. The van der Waals surface area contributed by atoms with E-state index in [9.17, 15) is 0 Å². The SMILES string of the molecule is CNC(CCCC1CCCO1)C1CC2CCC(C1)N2C. The molecule has 3 fully saturated rings. The lowest BCUT2D eigenvalue weighted by Gasteiger charge is -2.40. The Hall–Kier alpha value is -0.120. The molecule has 116 valence electrons. The molecule has 0 aromatic rings. The molecule has 0 spiro atoms. The number of rotatable bonds is 6. The topological polar surface area (TPSA) is 24.5 Å². The first-order valence-corrected chi connectivity index (χ1v) is 8.78. The molecule has 3 nitrogen and oxygen atoms in total. The summed E-state index contributed by atoms with van der Waals surface area (Å²) in [4.78, 5) is 2.65. The van der Waals surface area contributed by atoms with E-state index in [0.29, 0.717) is 6.10 Å². The molecule has 0 saturated carbocycles. The zero-order valence-electron chi connectivity index (χ0n) is 13.3. The van der Waals surface area contributed by atoms with E-state index in [4.69, 9.17) is 4.74 Å². The van der Waals surface area contributed by atoms with Crippen LogP contribution in [0.5, 0.6) is 0 Å². The minimum Gasteiger partial charge on any atom is -0.378 e. The summed E-state index contributed by atoms with van der Waals surface area (Å²) in [5.41, 5.74) is 0. The molecule has 4 unspecified atom stereocenters. The van der Waals surface area contributed by atoms with Crippen molar-refractivity contribution in [3.05, 3.63) is 0 Å². The maximum absolute atomic E-state index is 5.74. The fraction of sp³-hybridized carbons (Fsp3) is 1.00. The summed E-state index contributed by atoms with van der Waals surface area (Å²) in [7, 11) is 4.50. The molecule has 3 saturated heterocycles. The van der Waals surface area contributed by atoms with Crippen LogP contribution in [0.2, 0.25) is 0 Å². The van der Waals surface area contributed by atoms with Crippen molar-refractivity contribution in [3.63, 3.8) is 0 Å². The summed E-state index contributed by atoms with van der Waals surface area (Å²) >= 11 is 0. The Bertz CT molecular complexity index is 289. The van der Waals surface area contributed by atoms with E-state index in [0.717, 1.165) is 30.7 Å². The van der Waals surface area contributed by atoms with Gasteiger partial charge >= 0.3 is 0 Å². The van der Waals surface area contributed by atoms with Gasteiger partial charge in [0.25, 0.3) is 0 Å². The second kappa shape index (κ2) is 6.76. The van der Waals surface area contributed by atoms with E-state index in [-0.39, 0.29) is 0 Å². The number of piperidine rings is 1. The van der Waals surface area contributed by atoms with Crippen LogP contribution >= 0.6 is 0 Å². The van der Waals surface area contributed by atoms with Gasteiger partial charge in [0.1, 0.15) is 0 Å². The molecular weight excluding hydrogens is 248 g/mol. The second-order valence-corrected chi connectivity index (χ2v) is 7.24. The number of hydrogen-bond acceptors (Lipinski definition) is 3. The van der Waals surface area contributed by atoms with Crippen molar-refractivity contribution >= 4 is 0 Å². The van der Waals surface area contributed by atoms with E-state index < -0.39 is 0 Å². The summed E-state index contributed by atoms with van der Waals surface area (Å²) in [6.07, 6.45) is 12.8. The molecule has 0 aromatic heterocycles. The first-order chi connectivity index (χ1) is 9.78. The van der Waals surface area contributed by atoms with Gasteiger partial charge in [-0.2, -0.15) is 0 Å². The van der Waals surface area contributed by atoms with Crippen molar-refractivity contribution in [2.45, 2.75) is 82.0 Å². The number of nitrogens with zero attached hydrogens (tertiary/aromatic N) is 1. The molecule has 3 heteroatoms. The zero-order chi connectivity index (χ0) is 13.9. The molecule has 0 aromatic carbocycles. The first kappa shape index (κ1) is 14.8. The molecule has 3 aliphatic heterocycles. The van der Waals surface area contributed by atoms with E-state index >= 15 is 0 Å². The quantitative estimate of drug-likeness (QED) is 0.810. The highest BCUT2D eigenvalue weighted by Gasteiger charge is 2.40. The smallest absolute Gasteiger partial charge is 0.0576 e. The van der Waals surface area contributed by atoms with Gasteiger partial charge < -0.3 is 15.0 Å². The normalized spacial score (nSPS) is 39.3. The van der Waals surface area contributed by atoms with E-state index in [1.54, 1.807) is 0 Å². The van der Waals surface area contributed by atoms with Gasteiger partial charge in [0.2, 0.25) is 0 Å². The van der Waals surface area contributed by atoms with Crippen molar-refractivity contribution < 1.29 is 4.74 Å². The van der Waals surface area contributed by atoms with Crippen molar-refractivity contribution in [2.24, 2.45) is 5.92 Å². The van der Waals surface area contributed by atoms with E-state index in [1.165, 1.54) is 57.8 Å². The first-order valence-electron chi connectivity index (χ1n) is 8.78. The van der Waals surface area contributed by atoms with Gasteiger partial charge in [-0.15, -0.1) is 0 Å². The standard InChI is InChI=1S/C17H32N2O/c1-18-17(7-3-5-16-6-4-10-20-16)13-11-14-8-9-15(12-13)19(14)2/h13-18H,3-12H2,1-2H3. The van der Waals surface area contributed by atoms with Crippen molar-refractivity contribution in [3.8, 4) is 0 Å². The minimum absolute atomic E-state index is 0.571. The summed E-state index contributed by atoms with van der Waals surface area (Å²) < 4.78 is 5.74. The van der Waals surface area contributed by atoms with Crippen LogP contribution in [0.4, 0.5) is 0 Å². The fourth-order valence-corrected chi connectivity index (χ4v) is 4.84. The Morgan fingerprint density at radius 3 is 2.55 bits per heavy atom. The predicted molar refractivity (Wildman–Crippen MR) is 83.0 cm³/mol. The lowest BCUT2D eigenvalue weighted by molar-refractivity contribution is 0.0938. The molecule has 0 amide bonds. The largest absolute Gasteiger partial charge is 0.378 e. The Morgan fingerprint density at radius 2 is 1.95 bits per heavy atom. The van der Waals surface area contributed by atoms with Crippen LogP contribution < -0.4 is 5.32 Å². The van der Waals surface area contributed by atoms with Crippen LogP contribution in [0.1, 0.15) is 57.8 Å². The maximum Gasteiger partial charge on any atom is 0.0576 e. The number of ether oxygens (including phenoxy) is 1. The monoisotopic (exact) mass is 280 g/mol. The van der Waals surface area contributed by atoms with Crippen LogP contribution in [0, 0.1) is 5.92 Å². The summed E-state index contributed by atoms with van der Waals surface area (Å²) in [6, 6.07) is 2.47. The molecule has 2 bridgehead atoms. The van der Waals surface area contributed by atoms with Crippen LogP contribution in [-0.4, -0.2) is 49.8 Å². The molecule has 4 atom stereocenters. The van der Waals surface area contributed by atoms with Crippen LogP contribution in [0.25, 0.3) is 0 Å². The van der Waals surface area contributed by atoms with Crippen LogP contribution in [0.3, 0.4) is 0 Å². The molecule has 0 radical (unpaired) electrons. The second-order valence-electron chi connectivity index (χ2n) is 7.24. The lowest BCUT2D eigenvalue weighted by atomic mass is 9.83. The Balaban J connectivity index is 1.44. The average Bonchev–Trinajstić information content (AvgIpc) is 3.01. The highest BCUT2D eigenvalue weighted by Crippen LogP contribution is 2.39. The number of hydrogen-bond donors (Lipinski definition) is 1. The van der Waals surface area contributed by atoms with Crippen LogP contribution in [-0.2, 0) is 4.74 Å². The molecule has 1 N–H and O–H groups in total. The molecule has 20 heavy (non-hydrogen) atoms. The Labute approximate surface area is 124 Å². The third kappa shape index (κ3) is 3.20. The van der Waals surface area contributed by atoms with Crippen molar-refractivity contribution in [1.29, 1.82) is 0 Å². The van der Waals surface area contributed by atoms with Crippen molar-refractivity contribution in [2.75, 3.05) is 20.7 Å². The molecular formula is C17H32N2O. The molecule has 3 rings (SSSR count). The van der Waals surface area contributed by atoms with E-state index in [1.807, 2.05) is 0 Å². The Morgan fingerprint density at radius 1 is 1.20 bits per heavy atom. The zero-order valence-corrected chi connectivity index (χ0v) is 13.3. The summed E-state index contributed by atoms with van der Waals surface area (Å²) in [5, 5.41) is 3.62. The van der Waals surface area contributed by atoms with Gasteiger partial charge in [-0.25, -0.2) is 0 Å². The summed E-state index contributed by atoms with van der Waals surface area (Å²) in [5.74, 6) is 0.901. The third-order valence-electron chi connectivity index (χ3n) is 6.14. The summed E-state index contributed by atoms with van der Waals surface area (Å²) in [6.45, 7) is 0.998. The van der Waals surface area contributed by atoms with Gasteiger partial charge in [0, 0.05) is 24.7 Å². The van der Waals surface area contributed by atoms with Gasteiger partial charge in [-0.3, -0.25) is 0 Å². The predicted octanol–water partition coefficient (Wildman–Crippen LogP) is 2.80. The molecule has 3 heterocycles. The lowest BCUT2D eigenvalue weighted by Crippen LogP contribution is -2.46. The van der Waals surface area contributed by atoms with Crippen molar-refractivity contribution in [1.82, 2.24) is 10.2 Å². The minimum atomic E-state index is 0.571. The maximum atomic E-state index is 5.74. The molecule has 3 aliphatic rings. The molecule has 0 aliphatic carbocycles. The highest BCUT2D eigenvalue weighted by molar-refractivity contribution is 4.96.